The average Bonchev–Trinajstić information content (AvgIpc) is 3.34. The molecule has 0 amide bonds. The number of aromatic nitrogens is 2. The third kappa shape index (κ3) is 5.73. The first kappa shape index (κ1) is 23.5. The predicted octanol–water partition coefficient (Wildman–Crippen LogP) is 7.93. The second kappa shape index (κ2) is 12.0. The Morgan fingerprint density at radius 3 is 2.00 bits per heavy atom. The number of unbranched alkanes of at least 4 members (excludes halogenated alkanes) is 3. The van der Waals surface area contributed by atoms with Gasteiger partial charge >= 0.3 is 192 Å². The van der Waals surface area contributed by atoms with Gasteiger partial charge in [0.15, 0.2) is 0 Å². The Morgan fingerprint density at radius 2 is 1.47 bits per heavy atom. The minimum absolute atomic E-state index is 1.05. The first-order chi connectivity index (χ1) is 14.7. The molecule has 30 heavy (non-hydrogen) atoms. The third-order valence-corrected chi connectivity index (χ3v) is 22.7. The van der Waals surface area contributed by atoms with Gasteiger partial charge in [0.05, 0.1) is 0 Å². The van der Waals surface area contributed by atoms with Crippen molar-refractivity contribution in [2.45, 2.75) is 72.6 Å². The Balaban J connectivity index is 2.17. The van der Waals surface area contributed by atoms with Crippen LogP contribution in [0.2, 0.25) is 13.3 Å². The summed E-state index contributed by atoms with van der Waals surface area (Å²) < 4.78 is 5.97. The van der Waals surface area contributed by atoms with Crippen LogP contribution in [-0.4, -0.2) is 28.3 Å². The summed E-state index contributed by atoms with van der Waals surface area (Å²) in [6.45, 7) is 7.02. The molecule has 4 heteroatoms. The monoisotopic (exact) mass is 528 g/mol. The summed E-state index contributed by atoms with van der Waals surface area (Å²) in [5.74, 6) is 0. The number of hydrogen-bond acceptors (Lipinski definition) is 3. The fraction of sp³-hybridized carbons (Fsp3) is 0.462. The molecular formula is C26H36N2SSn. The molecule has 0 aliphatic heterocycles. The molecule has 0 N–H and O–H groups in total. The zero-order valence-electron chi connectivity index (χ0n) is 18.9. The molecule has 0 saturated heterocycles. The summed E-state index contributed by atoms with van der Waals surface area (Å²) in [4.78, 5) is 11.3. The molecule has 0 spiro atoms. The Morgan fingerprint density at radius 1 is 0.767 bits per heavy atom. The zero-order chi connectivity index (χ0) is 21.2. The van der Waals surface area contributed by atoms with Gasteiger partial charge in [-0.05, 0) is 0 Å². The van der Waals surface area contributed by atoms with Gasteiger partial charge in [0.1, 0.15) is 0 Å². The maximum atomic E-state index is 5.28. The van der Waals surface area contributed by atoms with Gasteiger partial charge in [0.2, 0.25) is 0 Å². The molecule has 0 aliphatic carbocycles. The van der Waals surface area contributed by atoms with Gasteiger partial charge in [-0.3, -0.25) is 0 Å². The van der Waals surface area contributed by atoms with E-state index in [9.17, 15) is 0 Å². The Labute approximate surface area is 191 Å². The predicted molar refractivity (Wildman–Crippen MR) is 135 cm³/mol. The van der Waals surface area contributed by atoms with E-state index in [1.54, 1.807) is 14.9 Å². The van der Waals surface area contributed by atoms with Gasteiger partial charge in [-0.25, -0.2) is 0 Å². The summed E-state index contributed by atoms with van der Waals surface area (Å²) in [6.07, 6.45) is 9.86. The molecule has 0 atom stereocenters. The molecule has 3 aromatic heterocycles. The van der Waals surface area contributed by atoms with Crippen LogP contribution in [0.1, 0.15) is 59.3 Å². The number of hydrogen-bond donors (Lipinski definition) is 0. The molecule has 0 unspecified atom stereocenters. The standard InChI is InChI=1S/C14H9N2S.3C4H9.Sn/c1-2-9-15-11(5-1)12-6-3-7-13(16-12)14-8-4-10-17-14;3*1-3-4-2;/h1-5,7-10H;3*1,3-4H2,2H3;. The van der Waals surface area contributed by atoms with Crippen molar-refractivity contribution < 1.29 is 0 Å². The Hall–Kier alpha value is -1.20. The van der Waals surface area contributed by atoms with Crippen LogP contribution in [0.4, 0.5) is 0 Å². The molecule has 3 heterocycles. The van der Waals surface area contributed by atoms with Gasteiger partial charge in [-0.15, -0.1) is 0 Å². The van der Waals surface area contributed by atoms with Crippen molar-refractivity contribution in [3.8, 4) is 22.0 Å². The van der Waals surface area contributed by atoms with Crippen molar-refractivity contribution in [2.75, 3.05) is 0 Å². The van der Waals surface area contributed by atoms with E-state index >= 15 is 0 Å². The van der Waals surface area contributed by atoms with Crippen molar-refractivity contribution in [3.05, 3.63) is 54.0 Å². The van der Waals surface area contributed by atoms with E-state index < -0.39 is 18.4 Å². The first-order valence-electron chi connectivity index (χ1n) is 11.7. The number of nitrogens with zero attached hydrogens (tertiary/aromatic N) is 2. The summed E-state index contributed by atoms with van der Waals surface area (Å²) in [7, 11) is 0. The van der Waals surface area contributed by atoms with E-state index in [1.165, 1.54) is 62.4 Å². The second-order valence-electron chi connectivity index (χ2n) is 8.38. The molecule has 3 rings (SSSR count). The van der Waals surface area contributed by atoms with Crippen LogP contribution in [0.25, 0.3) is 22.0 Å². The van der Waals surface area contributed by atoms with E-state index in [2.05, 4.69) is 62.5 Å². The van der Waals surface area contributed by atoms with E-state index in [0.29, 0.717) is 0 Å². The van der Waals surface area contributed by atoms with Crippen LogP contribution in [-0.2, 0) is 0 Å². The fourth-order valence-electron chi connectivity index (χ4n) is 4.47. The number of thiophene rings is 1. The van der Waals surface area contributed by atoms with Gasteiger partial charge in [0.25, 0.3) is 0 Å². The topological polar surface area (TPSA) is 25.8 Å². The van der Waals surface area contributed by atoms with Crippen LogP contribution < -0.4 is 3.58 Å². The SMILES string of the molecule is CCC[CH2][Sn]([CH2]CCC)([CH2]CCC)[c]1ccc(-c2cccs2)nc1-c1ccccn1. The van der Waals surface area contributed by atoms with E-state index in [4.69, 9.17) is 9.97 Å². The average molecular weight is 527 g/mol. The van der Waals surface area contributed by atoms with E-state index in [0.717, 1.165) is 11.4 Å². The van der Waals surface area contributed by atoms with E-state index in [-0.39, 0.29) is 0 Å². The Bertz CT molecular complexity index is 856. The molecule has 2 nitrogen and oxygen atoms in total. The maximum absolute atomic E-state index is 5.28. The zero-order valence-corrected chi connectivity index (χ0v) is 22.5. The molecule has 0 aromatic carbocycles. The summed E-state index contributed by atoms with van der Waals surface area (Å²) >= 11 is -0.851. The fourth-order valence-corrected chi connectivity index (χ4v) is 21.6. The summed E-state index contributed by atoms with van der Waals surface area (Å²) in [5, 5.41) is 2.14. The van der Waals surface area contributed by atoms with Crippen molar-refractivity contribution in [1.82, 2.24) is 9.97 Å². The third-order valence-electron chi connectivity index (χ3n) is 6.17. The van der Waals surface area contributed by atoms with Gasteiger partial charge in [0, 0.05) is 0 Å². The molecular weight excluding hydrogens is 491 g/mol. The van der Waals surface area contributed by atoms with Crippen molar-refractivity contribution in [3.63, 3.8) is 0 Å². The van der Waals surface area contributed by atoms with Crippen LogP contribution in [0.5, 0.6) is 0 Å². The minimum atomic E-state index is -2.62. The van der Waals surface area contributed by atoms with Gasteiger partial charge < -0.3 is 0 Å². The van der Waals surface area contributed by atoms with Crippen molar-refractivity contribution in [2.24, 2.45) is 0 Å². The van der Waals surface area contributed by atoms with Gasteiger partial charge in [-0.1, -0.05) is 0 Å². The second-order valence-corrected chi connectivity index (χ2v) is 22.5. The molecule has 0 fully saturated rings. The summed E-state index contributed by atoms with van der Waals surface area (Å²) in [6, 6.07) is 15.3. The molecule has 0 saturated carbocycles. The van der Waals surface area contributed by atoms with Crippen LogP contribution in [0, 0.1) is 0 Å². The van der Waals surface area contributed by atoms with E-state index in [1.807, 2.05) is 12.3 Å². The molecule has 0 radical (unpaired) electrons. The molecule has 160 valence electrons. The number of rotatable bonds is 12. The van der Waals surface area contributed by atoms with Gasteiger partial charge in [-0.2, -0.15) is 0 Å². The normalized spacial score (nSPS) is 11.7. The van der Waals surface area contributed by atoms with Crippen LogP contribution >= 0.6 is 11.3 Å². The van der Waals surface area contributed by atoms with Crippen LogP contribution in [0.15, 0.2) is 54.0 Å². The van der Waals surface area contributed by atoms with Crippen LogP contribution in [0.3, 0.4) is 0 Å². The Kier molecular flexibility index (Phi) is 9.38. The van der Waals surface area contributed by atoms with Crippen molar-refractivity contribution >= 4 is 33.3 Å². The molecule has 3 aromatic rings. The first-order valence-corrected chi connectivity index (χ1v) is 20.1. The number of pyridine rings is 2. The summed E-state index contributed by atoms with van der Waals surface area (Å²) in [5.41, 5.74) is 3.33. The van der Waals surface area contributed by atoms with Crippen molar-refractivity contribution in [1.29, 1.82) is 0 Å². The quantitative estimate of drug-likeness (QED) is 0.224. The molecule has 0 bridgehead atoms. The molecule has 0 aliphatic rings.